The van der Waals surface area contributed by atoms with Gasteiger partial charge in [0.15, 0.2) is 5.72 Å². The van der Waals surface area contributed by atoms with Crippen LogP contribution in [0.3, 0.4) is 0 Å². The van der Waals surface area contributed by atoms with E-state index in [-0.39, 0.29) is 42.2 Å². The van der Waals surface area contributed by atoms with Crippen LogP contribution in [0.5, 0.6) is 0 Å². The lowest BCUT2D eigenvalue weighted by molar-refractivity contribution is -0.162. The number of allylic oxidation sites excluding steroid dienone is 3. The Morgan fingerprint density at radius 2 is 1.91 bits per heavy atom. The van der Waals surface area contributed by atoms with E-state index < -0.39 is 72.1 Å². The summed E-state index contributed by atoms with van der Waals surface area (Å²) in [6, 6.07) is 2.52. The number of alkyl carbamates (subject to hydrolysis) is 1. The number of amides is 3. The van der Waals surface area contributed by atoms with Gasteiger partial charge in [0.2, 0.25) is 11.8 Å². The summed E-state index contributed by atoms with van der Waals surface area (Å²) in [4.78, 5) is 56.4. The van der Waals surface area contributed by atoms with Gasteiger partial charge in [0.25, 0.3) is 0 Å². The van der Waals surface area contributed by atoms with Crippen LogP contribution in [0.4, 0.5) is 10.5 Å². The van der Waals surface area contributed by atoms with E-state index in [0.29, 0.717) is 24.1 Å². The molecular formula is C39H56ClN3O10. The summed E-state index contributed by atoms with van der Waals surface area (Å²) in [6.45, 7) is 12.2. The molecular weight excluding hydrogens is 706 g/mol. The van der Waals surface area contributed by atoms with Crippen LogP contribution in [0.15, 0.2) is 35.9 Å². The Balaban J connectivity index is 1.74. The molecule has 3 amide bonds. The first-order valence-electron chi connectivity index (χ1n) is 18.1. The lowest BCUT2D eigenvalue weighted by Crippen LogP contribution is -2.62. The van der Waals surface area contributed by atoms with E-state index in [1.807, 2.05) is 33.8 Å². The van der Waals surface area contributed by atoms with Crippen molar-refractivity contribution in [1.29, 1.82) is 0 Å². The maximum atomic E-state index is 14.1. The molecule has 3 heterocycles. The molecule has 0 aliphatic carbocycles. The number of carbonyl (C=O) groups is 4. The number of carbonyl (C=O) groups excluding carboxylic acids is 4. The number of rotatable bonds is 7. The molecule has 2 saturated heterocycles. The molecule has 4 rings (SSSR count). The van der Waals surface area contributed by atoms with Gasteiger partial charge >= 0.3 is 12.1 Å². The third-order valence-electron chi connectivity index (χ3n) is 10.8. The molecule has 0 radical (unpaired) electrons. The topological polar surface area (TPSA) is 178 Å². The van der Waals surface area contributed by atoms with Crippen LogP contribution in [0.2, 0.25) is 5.02 Å². The zero-order valence-corrected chi connectivity index (χ0v) is 33.0. The van der Waals surface area contributed by atoms with Gasteiger partial charge in [-0.05, 0) is 56.2 Å². The second-order valence-corrected chi connectivity index (χ2v) is 16.6. The number of benzene rings is 1. The highest BCUT2D eigenvalue weighted by Gasteiger charge is 2.64. The normalized spacial score (nSPS) is 31.6. The first-order chi connectivity index (χ1) is 24.6. The number of aliphatic hydroxyl groups excluding tert-OH is 2. The third-order valence-corrected chi connectivity index (χ3v) is 11.3. The zero-order chi connectivity index (χ0) is 39.6. The minimum Gasteiger partial charge on any atom is -0.457 e. The van der Waals surface area contributed by atoms with Gasteiger partial charge in [-0.3, -0.25) is 14.9 Å². The lowest BCUT2D eigenvalue weighted by Gasteiger charge is -2.42. The second-order valence-electron chi connectivity index (χ2n) is 16.2. The minimum absolute atomic E-state index is 0.0818. The fourth-order valence-electron chi connectivity index (χ4n) is 6.96. The molecule has 0 spiro atoms. The van der Waals surface area contributed by atoms with Gasteiger partial charge in [-0.2, -0.15) is 0 Å². The Hall–Kier alpha value is -3.49. The average Bonchev–Trinajstić information content (AvgIpc) is 3.78. The molecule has 0 unspecified atom stereocenters. The zero-order valence-electron chi connectivity index (χ0n) is 32.3. The molecule has 3 aliphatic heterocycles. The second kappa shape index (κ2) is 16.5. The van der Waals surface area contributed by atoms with Crippen LogP contribution in [0.1, 0.15) is 85.3 Å². The molecule has 14 heteroatoms. The number of hydrogen-bond acceptors (Lipinski definition) is 10. The van der Waals surface area contributed by atoms with Crippen LogP contribution in [-0.2, 0) is 41.6 Å². The summed E-state index contributed by atoms with van der Waals surface area (Å²) < 4.78 is 17.9. The van der Waals surface area contributed by atoms with Gasteiger partial charge in [-0.15, -0.1) is 0 Å². The van der Waals surface area contributed by atoms with Crippen molar-refractivity contribution in [3.05, 3.63) is 52.1 Å². The van der Waals surface area contributed by atoms with Crippen LogP contribution >= 0.6 is 11.6 Å². The summed E-state index contributed by atoms with van der Waals surface area (Å²) >= 11 is 6.72. The fourth-order valence-corrected chi connectivity index (χ4v) is 7.26. The number of fused-ring (bicyclic) bond motifs is 5. The van der Waals surface area contributed by atoms with Crippen molar-refractivity contribution in [2.45, 2.75) is 123 Å². The number of epoxide rings is 1. The van der Waals surface area contributed by atoms with Gasteiger partial charge in [0.05, 0.1) is 36.4 Å². The Kier molecular flexibility index (Phi) is 13.1. The number of nitrogens with zero attached hydrogens (tertiary/aromatic N) is 2. The third kappa shape index (κ3) is 9.79. The Bertz CT molecular complexity index is 1620. The van der Waals surface area contributed by atoms with Gasteiger partial charge in [-0.1, -0.05) is 69.2 Å². The number of aliphatic hydroxyl groups is 3. The van der Waals surface area contributed by atoms with Crippen molar-refractivity contribution >= 4 is 41.2 Å². The summed E-state index contributed by atoms with van der Waals surface area (Å²) in [7, 11) is 3.08. The van der Waals surface area contributed by atoms with Crippen molar-refractivity contribution in [3.63, 3.8) is 0 Å². The summed E-state index contributed by atoms with van der Waals surface area (Å²) in [6.07, 6.45) is 2.37. The largest absolute Gasteiger partial charge is 0.457 e. The quantitative estimate of drug-likeness (QED) is 0.230. The maximum Gasteiger partial charge on any atom is 0.409 e. The number of halogens is 1. The molecule has 294 valence electrons. The first-order valence-corrected chi connectivity index (χ1v) is 18.5. The van der Waals surface area contributed by atoms with Crippen molar-refractivity contribution in [3.8, 4) is 0 Å². The fraction of sp³-hybridized carbons (Fsp3) is 0.641. The highest BCUT2D eigenvalue weighted by atomic mass is 35.5. The standard InChI is InChI=1S/C39H56ClN3O10/c1-22-11-10-12-27(21-45)39(50)19-29(51-36(49)41-39)23(2)34-38(7,53-34)30(52-35(48)24(3)42(8)31(46)13-14-37(4,5)6)18-32(47)43(9)28-17-25(15-22)16-26(20-44)33(28)40/h10-12,16-17,23-24,27,29-30,34,44-45,50H,13-15,18-21H2,1-9H3,(H,41,49)/b12-10+,22-11+/t23-,24+,27+,29+,30+,34+,38+,39+/m1/s1. The molecule has 4 bridgehead atoms. The highest BCUT2D eigenvalue weighted by molar-refractivity contribution is 6.34. The number of esters is 1. The minimum atomic E-state index is -1.86. The highest BCUT2D eigenvalue weighted by Crippen LogP contribution is 2.49. The van der Waals surface area contributed by atoms with Gasteiger partial charge in [0, 0.05) is 38.8 Å². The van der Waals surface area contributed by atoms with Gasteiger partial charge in [0.1, 0.15) is 23.9 Å². The summed E-state index contributed by atoms with van der Waals surface area (Å²) in [5, 5.41) is 34.8. The monoisotopic (exact) mass is 761 g/mol. The summed E-state index contributed by atoms with van der Waals surface area (Å²) in [5.74, 6) is -2.87. The number of anilines is 1. The molecule has 1 aromatic rings. The molecule has 13 nitrogen and oxygen atoms in total. The van der Waals surface area contributed by atoms with E-state index in [9.17, 15) is 34.5 Å². The Morgan fingerprint density at radius 1 is 1.23 bits per heavy atom. The van der Waals surface area contributed by atoms with Gasteiger partial charge < -0.3 is 39.3 Å². The molecule has 8 atom stereocenters. The van der Waals surface area contributed by atoms with Crippen LogP contribution < -0.4 is 10.2 Å². The number of ether oxygens (including phenoxy) is 3. The predicted octanol–water partition coefficient (Wildman–Crippen LogP) is 4.42. The van der Waals surface area contributed by atoms with E-state index in [4.69, 9.17) is 25.8 Å². The van der Waals surface area contributed by atoms with E-state index in [1.165, 1.54) is 16.8 Å². The van der Waals surface area contributed by atoms with Gasteiger partial charge in [-0.25, -0.2) is 9.59 Å². The van der Waals surface area contributed by atoms with Crippen molar-refractivity contribution < 1.29 is 48.7 Å². The van der Waals surface area contributed by atoms with Crippen molar-refractivity contribution in [2.24, 2.45) is 17.3 Å². The molecule has 4 N–H and O–H groups in total. The smallest absolute Gasteiger partial charge is 0.409 e. The van der Waals surface area contributed by atoms with E-state index >= 15 is 0 Å². The van der Waals surface area contributed by atoms with E-state index in [0.717, 1.165) is 11.1 Å². The molecule has 53 heavy (non-hydrogen) atoms. The molecule has 3 aliphatic rings. The molecule has 1 aromatic carbocycles. The number of likely N-dealkylation sites (N-methyl/N-ethyl adjacent to an activating group) is 1. The average molecular weight is 762 g/mol. The molecule has 0 saturated carbocycles. The van der Waals surface area contributed by atoms with Crippen LogP contribution in [0, 0.1) is 17.3 Å². The SMILES string of the molecule is C/C1=C\C=C\[C@@H](CO)[C@@]2(O)C[C@H](OC(=O)N2)[C@@H](C)[C@@H]2O[C@@]2(C)[C@@H](OC(=O)[C@H](C)N(C)C(=O)CCC(C)(C)C)CC(=O)N(C)c2cc(cc(CO)c2Cl)C1. The van der Waals surface area contributed by atoms with Crippen LogP contribution in [-0.4, -0.2) is 100 Å². The number of nitrogens with one attached hydrogen (secondary N) is 1. The van der Waals surface area contributed by atoms with Crippen molar-refractivity contribution in [2.75, 3.05) is 25.6 Å². The van der Waals surface area contributed by atoms with Crippen molar-refractivity contribution in [1.82, 2.24) is 10.2 Å². The Labute approximate surface area is 317 Å². The van der Waals surface area contributed by atoms with E-state index in [1.54, 1.807) is 52.1 Å². The molecule has 0 aromatic heterocycles. The number of hydrogen-bond donors (Lipinski definition) is 4. The molecule has 2 fully saturated rings. The summed E-state index contributed by atoms with van der Waals surface area (Å²) in [5.41, 5.74) is -0.777. The Morgan fingerprint density at radius 3 is 2.53 bits per heavy atom. The predicted molar refractivity (Wildman–Crippen MR) is 199 cm³/mol. The van der Waals surface area contributed by atoms with E-state index in [2.05, 4.69) is 5.32 Å². The first kappa shape index (κ1) is 42.3. The maximum absolute atomic E-state index is 14.1. The van der Waals surface area contributed by atoms with Crippen LogP contribution in [0.25, 0.3) is 0 Å². The lowest BCUT2D eigenvalue weighted by atomic mass is 9.81.